The summed E-state index contributed by atoms with van der Waals surface area (Å²) in [6, 6.07) is 9.79. The minimum atomic E-state index is 0.703. The second-order valence-electron chi connectivity index (χ2n) is 3.63. The molecule has 86 valence electrons. The van der Waals surface area contributed by atoms with Gasteiger partial charge in [-0.1, -0.05) is 6.07 Å². The van der Waals surface area contributed by atoms with Gasteiger partial charge in [0.15, 0.2) is 0 Å². The van der Waals surface area contributed by atoms with Gasteiger partial charge in [-0.2, -0.15) is 5.26 Å². The summed E-state index contributed by atoms with van der Waals surface area (Å²) in [4.78, 5) is 2.14. The Morgan fingerprint density at radius 3 is 2.94 bits per heavy atom. The van der Waals surface area contributed by atoms with Crippen molar-refractivity contribution in [2.45, 2.75) is 13.3 Å². The number of hydrogen-bond donors (Lipinski definition) is 0. The largest absolute Gasteiger partial charge is 0.382 e. The van der Waals surface area contributed by atoms with E-state index in [2.05, 4.69) is 11.0 Å². The molecule has 0 fully saturated rings. The summed E-state index contributed by atoms with van der Waals surface area (Å²) >= 11 is 0. The van der Waals surface area contributed by atoms with E-state index in [9.17, 15) is 0 Å². The molecule has 0 atom stereocenters. The van der Waals surface area contributed by atoms with E-state index in [1.165, 1.54) is 0 Å². The number of ether oxygens (including phenoxy) is 1. The fourth-order valence-electron chi connectivity index (χ4n) is 1.49. The second kappa shape index (κ2) is 6.86. The Bertz CT molecular complexity index is 357. The summed E-state index contributed by atoms with van der Waals surface area (Å²) in [7, 11) is 2.03. The maximum atomic E-state index is 8.80. The van der Waals surface area contributed by atoms with Crippen LogP contribution in [0.25, 0.3) is 0 Å². The molecule has 0 saturated carbocycles. The van der Waals surface area contributed by atoms with Crippen molar-refractivity contribution in [1.82, 2.24) is 0 Å². The number of rotatable bonds is 6. The quantitative estimate of drug-likeness (QED) is 0.688. The lowest BCUT2D eigenvalue weighted by Gasteiger charge is -2.19. The van der Waals surface area contributed by atoms with E-state index in [0.29, 0.717) is 5.56 Å². The van der Waals surface area contributed by atoms with Crippen LogP contribution in [0.1, 0.15) is 18.9 Å². The molecule has 0 aliphatic carbocycles. The van der Waals surface area contributed by atoms with Gasteiger partial charge in [0.1, 0.15) is 0 Å². The van der Waals surface area contributed by atoms with Crippen molar-refractivity contribution in [2.24, 2.45) is 0 Å². The van der Waals surface area contributed by atoms with Gasteiger partial charge in [0.05, 0.1) is 11.6 Å². The highest BCUT2D eigenvalue weighted by Crippen LogP contribution is 2.14. The Hall–Kier alpha value is -1.53. The average Bonchev–Trinajstić information content (AvgIpc) is 2.34. The van der Waals surface area contributed by atoms with Crippen molar-refractivity contribution >= 4 is 5.69 Å². The molecule has 0 bridgehead atoms. The highest BCUT2D eigenvalue weighted by atomic mass is 16.5. The molecule has 3 heteroatoms. The summed E-state index contributed by atoms with van der Waals surface area (Å²) in [6.07, 6.45) is 1.00. The SMILES string of the molecule is CCOCCCN(C)c1cccc(C#N)c1. The minimum absolute atomic E-state index is 0.703. The Balaban J connectivity index is 2.46. The third kappa shape index (κ3) is 3.92. The Morgan fingerprint density at radius 2 is 2.25 bits per heavy atom. The van der Waals surface area contributed by atoms with Crippen LogP contribution in [0.3, 0.4) is 0 Å². The van der Waals surface area contributed by atoms with E-state index in [4.69, 9.17) is 10.00 Å². The van der Waals surface area contributed by atoms with E-state index < -0.39 is 0 Å². The van der Waals surface area contributed by atoms with Gasteiger partial charge in [0.2, 0.25) is 0 Å². The predicted molar refractivity (Wildman–Crippen MR) is 65.5 cm³/mol. The minimum Gasteiger partial charge on any atom is -0.382 e. The molecule has 0 aromatic heterocycles. The molecule has 0 amide bonds. The molecule has 0 saturated heterocycles. The molecule has 1 aromatic carbocycles. The van der Waals surface area contributed by atoms with Crippen molar-refractivity contribution in [3.05, 3.63) is 29.8 Å². The lowest BCUT2D eigenvalue weighted by atomic mass is 10.2. The maximum absolute atomic E-state index is 8.80. The van der Waals surface area contributed by atoms with Crippen LogP contribution in [0.5, 0.6) is 0 Å². The number of nitrogens with zero attached hydrogens (tertiary/aromatic N) is 2. The zero-order valence-electron chi connectivity index (χ0n) is 9.94. The first-order valence-corrected chi connectivity index (χ1v) is 5.57. The molecule has 0 unspecified atom stereocenters. The van der Waals surface area contributed by atoms with Crippen molar-refractivity contribution in [3.8, 4) is 6.07 Å². The molecular weight excluding hydrogens is 200 g/mol. The van der Waals surface area contributed by atoms with Gasteiger partial charge >= 0.3 is 0 Å². The summed E-state index contributed by atoms with van der Waals surface area (Å²) < 4.78 is 5.29. The van der Waals surface area contributed by atoms with Crippen LogP contribution in [0, 0.1) is 11.3 Å². The third-order valence-electron chi connectivity index (χ3n) is 2.40. The fraction of sp³-hybridized carbons (Fsp3) is 0.462. The molecule has 0 aliphatic heterocycles. The van der Waals surface area contributed by atoms with Gasteiger partial charge in [-0.3, -0.25) is 0 Å². The summed E-state index contributed by atoms with van der Waals surface area (Å²) in [5, 5.41) is 8.80. The number of anilines is 1. The molecular formula is C13H18N2O. The summed E-state index contributed by atoms with van der Waals surface area (Å²) in [5.41, 5.74) is 1.78. The van der Waals surface area contributed by atoms with Crippen LogP contribution in [0.4, 0.5) is 5.69 Å². The highest BCUT2D eigenvalue weighted by molar-refractivity contribution is 5.50. The molecule has 0 radical (unpaired) electrons. The monoisotopic (exact) mass is 218 g/mol. The third-order valence-corrected chi connectivity index (χ3v) is 2.40. The Morgan fingerprint density at radius 1 is 1.44 bits per heavy atom. The lowest BCUT2D eigenvalue weighted by Crippen LogP contribution is -2.19. The van der Waals surface area contributed by atoms with Crippen LogP contribution in [-0.4, -0.2) is 26.8 Å². The summed E-state index contributed by atoms with van der Waals surface area (Å²) in [5.74, 6) is 0. The molecule has 0 aliphatic rings. The molecule has 0 N–H and O–H groups in total. The molecule has 16 heavy (non-hydrogen) atoms. The number of benzene rings is 1. The first-order chi connectivity index (χ1) is 7.77. The number of hydrogen-bond acceptors (Lipinski definition) is 3. The fourth-order valence-corrected chi connectivity index (χ4v) is 1.49. The zero-order chi connectivity index (χ0) is 11.8. The zero-order valence-corrected chi connectivity index (χ0v) is 9.94. The first kappa shape index (κ1) is 12.5. The smallest absolute Gasteiger partial charge is 0.0992 e. The van der Waals surface area contributed by atoms with E-state index in [1.54, 1.807) is 0 Å². The van der Waals surface area contributed by atoms with E-state index in [0.717, 1.165) is 31.9 Å². The Kier molecular flexibility index (Phi) is 5.38. The van der Waals surface area contributed by atoms with Gasteiger partial charge in [0.25, 0.3) is 0 Å². The normalized spacial score (nSPS) is 9.81. The van der Waals surface area contributed by atoms with E-state index in [-0.39, 0.29) is 0 Å². The van der Waals surface area contributed by atoms with Crippen molar-refractivity contribution in [2.75, 3.05) is 31.7 Å². The Labute approximate surface area is 97.3 Å². The summed E-state index contributed by atoms with van der Waals surface area (Å²) in [6.45, 7) is 4.50. The van der Waals surface area contributed by atoms with Gasteiger partial charge in [-0.25, -0.2) is 0 Å². The van der Waals surface area contributed by atoms with Crippen molar-refractivity contribution in [3.63, 3.8) is 0 Å². The highest BCUT2D eigenvalue weighted by Gasteiger charge is 2.01. The van der Waals surface area contributed by atoms with Gasteiger partial charge in [-0.05, 0) is 31.5 Å². The molecule has 1 rings (SSSR count). The van der Waals surface area contributed by atoms with Crippen LogP contribution >= 0.6 is 0 Å². The van der Waals surface area contributed by atoms with E-state index >= 15 is 0 Å². The van der Waals surface area contributed by atoms with Crippen LogP contribution in [0.2, 0.25) is 0 Å². The van der Waals surface area contributed by atoms with Gasteiger partial charge in [-0.15, -0.1) is 0 Å². The van der Waals surface area contributed by atoms with Crippen molar-refractivity contribution in [1.29, 1.82) is 5.26 Å². The maximum Gasteiger partial charge on any atom is 0.0992 e. The molecule has 0 heterocycles. The topological polar surface area (TPSA) is 36.3 Å². The van der Waals surface area contributed by atoms with Gasteiger partial charge in [0, 0.05) is 32.5 Å². The first-order valence-electron chi connectivity index (χ1n) is 5.57. The van der Waals surface area contributed by atoms with Crippen LogP contribution in [-0.2, 0) is 4.74 Å². The van der Waals surface area contributed by atoms with E-state index in [1.807, 2.05) is 38.2 Å². The molecule has 3 nitrogen and oxygen atoms in total. The molecule has 0 spiro atoms. The van der Waals surface area contributed by atoms with Crippen LogP contribution < -0.4 is 4.90 Å². The average molecular weight is 218 g/mol. The molecule has 1 aromatic rings. The predicted octanol–water partition coefficient (Wildman–Crippen LogP) is 2.42. The van der Waals surface area contributed by atoms with Crippen LogP contribution in [0.15, 0.2) is 24.3 Å². The van der Waals surface area contributed by atoms with Crippen molar-refractivity contribution < 1.29 is 4.74 Å². The second-order valence-corrected chi connectivity index (χ2v) is 3.63. The number of nitriles is 1. The standard InChI is InChI=1S/C13H18N2O/c1-3-16-9-5-8-15(2)13-7-4-6-12(10-13)11-14/h4,6-7,10H,3,5,8-9H2,1-2H3. The lowest BCUT2D eigenvalue weighted by molar-refractivity contribution is 0.146. The van der Waals surface area contributed by atoms with Gasteiger partial charge < -0.3 is 9.64 Å².